The van der Waals surface area contributed by atoms with Crippen LogP contribution in [-0.2, 0) is 9.47 Å². The zero-order valence-corrected chi connectivity index (χ0v) is 11.3. The van der Waals surface area contributed by atoms with Crippen LogP contribution in [0.4, 0.5) is 0 Å². The lowest BCUT2D eigenvalue weighted by molar-refractivity contribution is 0.0144. The second-order valence-electron chi connectivity index (χ2n) is 5.66. The largest absolute Gasteiger partial charge is 0.385 e. The first-order valence-electron chi connectivity index (χ1n) is 7.13. The molecule has 2 fully saturated rings. The summed E-state index contributed by atoms with van der Waals surface area (Å²) in [5.74, 6) is 0.831. The minimum Gasteiger partial charge on any atom is -0.385 e. The highest BCUT2D eigenvalue weighted by Gasteiger charge is 2.50. The molecule has 3 heteroatoms. The fourth-order valence-electron chi connectivity index (χ4n) is 3.11. The highest BCUT2D eigenvalue weighted by Crippen LogP contribution is 2.49. The fourth-order valence-corrected chi connectivity index (χ4v) is 3.11. The predicted octanol–water partition coefficient (Wildman–Crippen LogP) is 2.21. The number of rotatable bonds is 8. The molecule has 0 bridgehead atoms. The standard InChI is InChI=1S/C14H27NO2/c1-3-8-15-11-14(6-9-16-2)7-10-17-13(14)12-4-5-12/h12-13,15H,3-11H2,1-2H3. The molecule has 3 nitrogen and oxygen atoms in total. The van der Waals surface area contributed by atoms with Crippen LogP contribution in [0.5, 0.6) is 0 Å². The highest BCUT2D eigenvalue weighted by atomic mass is 16.5. The van der Waals surface area contributed by atoms with Crippen molar-refractivity contribution in [2.75, 3.05) is 33.4 Å². The zero-order chi connectivity index (χ0) is 12.1. The van der Waals surface area contributed by atoms with Crippen molar-refractivity contribution in [1.82, 2.24) is 5.32 Å². The molecule has 0 aromatic carbocycles. The maximum absolute atomic E-state index is 6.03. The van der Waals surface area contributed by atoms with Gasteiger partial charge in [0.05, 0.1) is 6.10 Å². The molecular formula is C14H27NO2. The monoisotopic (exact) mass is 241 g/mol. The van der Waals surface area contributed by atoms with Crippen LogP contribution in [0.15, 0.2) is 0 Å². The molecule has 2 atom stereocenters. The average Bonchev–Trinajstić information content (AvgIpc) is 3.10. The lowest BCUT2D eigenvalue weighted by atomic mass is 9.76. The molecule has 0 aromatic heterocycles. The smallest absolute Gasteiger partial charge is 0.0673 e. The van der Waals surface area contributed by atoms with Crippen LogP contribution < -0.4 is 5.32 Å². The Bertz CT molecular complexity index is 230. The third-order valence-electron chi connectivity index (χ3n) is 4.26. The van der Waals surface area contributed by atoms with Gasteiger partial charge in [0.15, 0.2) is 0 Å². The first-order valence-corrected chi connectivity index (χ1v) is 7.13. The highest BCUT2D eigenvalue weighted by molar-refractivity contribution is 5.00. The fraction of sp³-hybridized carbons (Fsp3) is 1.00. The van der Waals surface area contributed by atoms with Crippen LogP contribution in [0.25, 0.3) is 0 Å². The average molecular weight is 241 g/mol. The van der Waals surface area contributed by atoms with Crippen LogP contribution in [0.2, 0.25) is 0 Å². The molecular weight excluding hydrogens is 214 g/mol. The maximum Gasteiger partial charge on any atom is 0.0673 e. The van der Waals surface area contributed by atoms with Crippen LogP contribution in [0.3, 0.4) is 0 Å². The Morgan fingerprint density at radius 1 is 1.41 bits per heavy atom. The Morgan fingerprint density at radius 3 is 2.88 bits per heavy atom. The Kier molecular flexibility index (Phi) is 4.83. The van der Waals surface area contributed by atoms with Gasteiger partial charge in [-0.3, -0.25) is 0 Å². The summed E-state index contributed by atoms with van der Waals surface area (Å²) in [5.41, 5.74) is 0.340. The number of nitrogens with one attached hydrogen (secondary N) is 1. The molecule has 100 valence electrons. The molecule has 2 aliphatic rings. The summed E-state index contributed by atoms with van der Waals surface area (Å²) in [6.07, 6.45) is 6.77. The second-order valence-corrected chi connectivity index (χ2v) is 5.66. The summed E-state index contributed by atoms with van der Waals surface area (Å²) in [6.45, 7) is 6.24. The van der Waals surface area contributed by atoms with E-state index in [1.807, 2.05) is 0 Å². The molecule has 1 aliphatic carbocycles. The SMILES string of the molecule is CCCNCC1(CCOC)CCOC1C1CC1. The van der Waals surface area contributed by atoms with E-state index in [2.05, 4.69) is 12.2 Å². The van der Waals surface area contributed by atoms with Gasteiger partial charge in [-0.25, -0.2) is 0 Å². The minimum atomic E-state index is 0.340. The van der Waals surface area contributed by atoms with E-state index in [-0.39, 0.29) is 0 Å². The van der Waals surface area contributed by atoms with Crippen LogP contribution in [0.1, 0.15) is 39.0 Å². The third kappa shape index (κ3) is 3.21. The molecule has 1 saturated heterocycles. The quantitative estimate of drug-likeness (QED) is 0.661. The normalized spacial score (nSPS) is 33.2. The second kappa shape index (κ2) is 6.17. The van der Waals surface area contributed by atoms with Crippen LogP contribution in [0, 0.1) is 11.3 Å². The van der Waals surface area contributed by atoms with E-state index in [1.165, 1.54) is 25.7 Å². The molecule has 1 saturated carbocycles. The summed E-state index contributed by atoms with van der Waals surface area (Å²) in [7, 11) is 1.80. The molecule has 0 spiro atoms. The summed E-state index contributed by atoms with van der Waals surface area (Å²) in [6, 6.07) is 0. The van der Waals surface area contributed by atoms with Crippen molar-refractivity contribution in [1.29, 1.82) is 0 Å². The topological polar surface area (TPSA) is 30.5 Å². The van der Waals surface area contributed by atoms with Crippen molar-refractivity contribution in [3.8, 4) is 0 Å². The molecule has 2 unspecified atom stereocenters. The molecule has 17 heavy (non-hydrogen) atoms. The van der Waals surface area contributed by atoms with Gasteiger partial charge in [-0.2, -0.15) is 0 Å². The molecule has 2 rings (SSSR count). The van der Waals surface area contributed by atoms with Gasteiger partial charge in [-0.15, -0.1) is 0 Å². The van der Waals surface area contributed by atoms with E-state index in [1.54, 1.807) is 7.11 Å². The molecule has 1 N–H and O–H groups in total. The van der Waals surface area contributed by atoms with E-state index in [9.17, 15) is 0 Å². The third-order valence-corrected chi connectivity index (χ3v) is 4.26. The molecule has 0 amide bonds. The van der Waals surface area contributed by atoms with Crippen molar-refractivity contribution < 1.29 is 9.47 Å². The number of hydrogen-bond acceptors (Lipinski definition) is 3. The van der Waals surface area contributed by atoms with Gasteiger partial charge in [-0.05, 0) is 44.6 Å². The Morgan fingerprint density at radius 2 is 2.24 bits per heavy atom. The number of ether oxygens (including phenoxy) is 2. The van der Waals surface area contributed by atoms with Crippen molar-refractivity contribution >= 4 is 0 Å². The van der Waals surface area contributed by atoms with E-state index >= 15 is 0 Å². The van der Waals surface area contributed by atoms with Crippen molar-refractivity contribution in [3.63, 3.8) is 0 Å². The lowest BCUT2D eigenvalue weighted by Gasteiger charge is -2.34. The Hall–Kier alpha value is -0.120. The van der Waals surface area contributed by atoms with E-state index in [0.29, 0.717) is 11.5 Å². The summed E-state index contributed by atoms with van der Waals surface area (Å²) in [5, 5.41) is 3.60. The number of methoxy groups -OCH3 is 1. The van der Waals surface area contributed by atoms with Gasteiger partial charge in [0.25, 0.3) is 0 Å². The van der Waals surface area contributed by atoms with Crippen molar-refractivity contribution in [3.05, 3.63) is 0 Å². The van der Waals surface area contributed by atoms with E-state index in [4.69, 9.17) is 9.47 Å². The molecule has 0 aromatic rings. The van der Waals surface area contributed by atoms with Gasteiger partial charge in [0, 0.05) is 32.3 Å². The Balaban J connectivity index is 1.94. The van der Waals surface area contributed by atoms with Gasteiger partial charge in [0.1, 0.15) is 0 Å². The summed E-state index contributed by atoms with van der Waals surface area (Å²) < 4.78 is 11.3. The van der Waals surface area contributed by atoms with Crippen molar-refractivity contribution in [2.24, 2.45) is 11.3 Å². The lowest BCUT2D eigenvalue weighted by Crippen LogP contribution is -2.43. The molecule has 1 aliphatic heterocycles. The zero-order valence-electron chi connectivity index (χ0n) is 11.3. The van der Waals surface area contributed by atoms with Gasteiger partial charge >= 0.3 is 0 Å². The molecule has 0 radical (unpaired) electrons. The summed E-state index contributed by atoms with van der Waals surface area (Å²) in [4.78, 5) is 0. The molecule has 1 heterocycles. The predicted molar refractivity (Wildman–Crippen MR) is 69.2 cm³/mol. The van der Waals surface area contributed by atoms with Crippen molar-refractivity contribution in [2.45, 2.75) is 45.1 Å². The van der Waals surface area contributed by atoms with Gasteiger partial charge < -0.3 is 14.8 Å². The Labute approximate surface area is 105 Å². The van der Waals surface area contributed by atoms with Crippen LogP contribution in [-0.4, -0.2) is 39.5 Å². The van der Waals surface area contributed by atoms with E-state index < -0.39 is 0 Å². The number of hydrogen-bond donors (Lipinski definition) is 1. The van der Waals surface area contributed by atoms with Gasteiger partial charge in [0.2, 0.25) is 0 Å². The first kappa shape index (κ1) is 13.3. The maximum atomic E-state index is 6.03. The summed E-state index contributed by atoms with van der Waals surface area (Å²) >= 11 is 0. The van der Waals surface area contributed by atoms with E-state index in [0.717, 1.165) is 38.6 Å². The first-order chi connectivity index (χ1) is 8.32. The minimum absolute atomic E-state index is 0.340. The van der Waals surface area contributed by atoms with Gasteiger partial charge in [-0.1, -0.05) is 6.92 Å². The van der Waals surface area contributed by atoms with Crippen LogP contribution >= 0.6 is 0 Å².